The minimum absolute atomic E-state index is 0.0933. The van der Waals surface area contributed by atoms with Crippen molar-refractivity contribution >= 4 is 21.6 Å². The van der Waals surface area contributed by atoms with Gasteiger partial charge >= 0.3 is 6.09 Å². The number of halogens is 1. The van der Waals surface area contributed by atoms with Crippen LogP contribution in [-0.4, -0.2) is 68.0 Å². The van der Waals surface area contributed by atoms with Crippen molar-refractivity contribution in [2.24, 2.45) is 0 Å². The summed E-state index contributed by atoms with van der Waals surface area (Å²) in [6, 6.07) is 7.64. The number of benzene rings is 1. The molecular formula is C22H24FN3O5S. The van der Waals surface area contributed by atoms with Gasteiger partial charge in [0.25, 0.3) is 0 Å². The van der Waals surface area contributed by atoms with Crippen molar-refractivity contribution in [3.63, 3.8) is 0 Å². The van der Waals surface area contributed by atoms with Gasteiger partial charge in [-0.2, -0.15) is 0 Å². The number of imidazole rings is 1. The van der Waals surface area contributed by atoms with Crippen molar-refractivity contribution in [3.8, 4) is 11.3 Å². The lowest BCUT2D eigenvalue weighted by atomic mass is 10.0. The summed E-state index contributed by atoms with van der Waals surface area (Å²) in [6.45, 7) is 3.07. The van der Waals surface area contributed by atoms with E-state index in [1.165, 1.54) is 19.2 Å². The van der Waals surface area contributed by atoms with Crippen LogP contribution in [0.15, 0.2) is 41.4 Å². The Kier molecular flexibility index (Phi) is 5.91. The normalized spacial score (nSPS) is 17.0. The van der Waals surface area contributed by atoms with Gasteiger partial charge in [0.05, 0.1) is 42.6 Å². The molecule has 1 amide bonds. The zero-order valence-electron chi connectivity index (χ0n) is 18.0. The highest BCUT2D eigenvalue weighted by Crippen LogP contribution is 2.30. The number of sulfone groups is 1. The first-order valence-corrected chi connectivity index (χ1v) is 12.0. The van der Waals surface area contributed by atoms with Crippen LogP contribution in [0.2, 0.25) is 0 Å². The predicted octanol–water partition coefficient (Wildman–Crippen LogP) is 2.86. The third kappa shape index (κ3) is 4.33. The molecule has 0 saturated carbocycles. The predicted molar refractivity (Wildman–Crippen MR) is 116 cm³/mol. The minimum atomic E-state index is -3.54. The van der Waals surface area contributed by atoms with E-state index in [1.807, 2.05) is 29.7 Å². The smallest absolute Gasteiger partial charge is 0.409 e. The summed E-state index contributed by atoms with van der Waals surface area (Å²) in [7, 11) is -2.21. The molecule has 2 aromatic heterocycles. The molecule has 0 radical (unpaired) electrons. The first-order chi connectivity index (χ1) is 15.2. The number of hydrogen-bond acceptors (Lipinski definition) is 6. The number of aryl methyl sites for hydroxylation is 1. The van der Waals surface area contributed by atoms with E-state index in [0.717, 1.165) is 17.9 Å². The summed E-state index contributed by atoms with van der Waals surface area (Å²) in [4.78, 5) is 18.1. The average molecular weight is 462 g/mol. The summed E-state index contributed by atoms with van der Waals surface area (Å²) in [5.74, 6) is -0.671. The lowest BCUT2D eigenvalue weighted by Crippen LogP contribution is -2.46. The highest BCUT2D eigenvalue weighted by atomic mass is 32.2. The molecule has 170 valence electrons. The van der Waals surface area contributed by atoms with Gasteiger partial charge in [0.2, 0.25) is 0 Å². The Morgan fingerprint density at radius 2 is 2.09 bits per heavy atom. The second-order valence-electron chi connectivity index (χ2n) is 7.87. The van der Waals surface area contributed by atoms with Gasteiger partial charge in [0, 0.05) is 31.0 Å². The van der Waals surface area contributed by atoms with Crippen molar-refractivity contribution in [1.29, 1.82) is 0 Å². The van der Waals surface area contributed by atoms with E-state index in [0.29, 0.717) is 43.2 Å². The first kappa shape index (κ1) is 22.2. The molecule has 10 heteroatoms. The number of rotatable bonds is 4. The number of aromatic nitrogens is 2. The second-order valence-corrected chi connectivity index (χ2v) is 9.88. The molecule has 1 fully saturated rings. The van der Waals surface area contributed by atoms with E-state index in [4.69, 9.17) is 9.47 Å². The van der Waals surface area contributed by atoms with Crippen LogP contribution in [0, 0.1) is 12.7 Å². The highest BCUT2D eigenvalue weighted by molar-refractivity contribution is 7.90. The number of nitrogens with zero attached hydrogens (tertiary/aromatic N) is 3. The van der Waals surface area contributed by atoms with Crippen molar-refractivity contribution in [3.05, 3.63) is 53.6 Å². The monoisotopic (exact) mass is 461 g/mol. The van der Waals surface area contributed by atoms with Gasteiger partial charge in [-0.15, -0.1) is 0 Å². The van der Waals surface area contributed by atoms with Gasteiger partial charge in [-0.3, -0.25) is 0 Å². The van der Waals surface area contributed by atoms with Crippen molar-refractivity contribution < 1.29 is 27.1 Å². The van der Waals surface area contributed by atoms with Crippen LogP contribution in [0.4, 0.5) is 9.18 Å². The van der Waals surface area contributed by atoms with Gasteiger partial charge in [-0.1, -0.05) is 0 Å². The topological polar surface area (TPSA) is 90.2 Å². The molecule has 3 heterocycles. The molecular weight excluding hydrogens is 437 g/mol. The number of morpholine rings is 1. The van der Waals surface area contributed by atoms with Crippen molar-refractivity contribution in [1.82, 2.24) is 14.3 Å². The van der Waals surface area contributed by atoms with Crippen LogP contribution in [-0.2, 0) is 25.7 Å². The quantitative estimate of drug-likeness (QED) is 0.594. The second kappa shape index (κ2) is 8.51. The molecule has 0 unspecified atom stereocenters. The highest BCUT2D eigenvalue weighted by Gasteiger charge is 2.28. The molecule has 1 aliphatic rings. The molecule has 0 spiro atoms. The standard InChI is InChI=1S/C22H24FN3O5S/c1-14-6-7-26-19(11-15-13-25(8-9-31-15)22(27)30-2)21(24-20(26)10-14)17-5-4-16(12-18(17)23)32(3,28)29/h4-7,10,12,15H,8-9,11,13H2,1-3H3/t15-/m0/s1. The number of pyridine rings is 1. The van der Waals surface area contributed by atoms with Gasteiger partial charge in [-0.05, 0) is 42.8 Å². The number of amides is 1. The maximum atomic E-state index is 15.0. The summed E-state index contributed by atoms with van der Waals surface area (Å²) in [5.41, 5.74) is 2.96. The van der Waals surface area contributed by atoms with E-state index in [1.54, 1.807) is 4.90 Å². The Labute approximate surface area is 185 Å². The van der Waals surface area contributed by atoms with Gasteiger partial charge < -0.3 is 18.8 Å². The van der Waals surface area contributed by atoms with Crippen LogP contribution in [0.5, 0.6) is 0 Å². The fraction of sp³-hybridized carbons (Fsp3) is 0.364. The van der Waals surface area contributed by atoms with Crippen LogP contribution < -0.4 is 0 Å². The van der Waals surface area contributed by atoms with E-state index in [-0.39, 0.29) is 16.6 Å². The number of carbonyl (C=O) groups is 1. The van der Waals surface area contributed by atoms with Crippen molar-refractivity contribution in [2.75, 3.05) is 33.1 Å². The zero-order chi connectivity index (χ0) is 23.0. The van der Waals surface area contributed by atoms with Gasteiger partial charge in [0.15, 0.2) is 9.84 Å². The molecule has 3 aromatic rings. The molecule has 1 aliphatic heterocycles. The van der Waals surface area contributed by atoms with Gasteiger partial charge in [-0.25, -0.2) is 22.6 Å². The lowest BCUT2D eigenvalue weighted by Gasteiger charge is -2.32. The Bertz CT molecular complexity index is 1290. The number of fused-ring (bicyclic) bond motifs is 1. The molecule has 1 saturated heterocycles. The third-order valence-corrected chi connectivity index (χ3v) is 6.61. The number of carbonyl (C=O) groups excluding carboxylic acids is 1. The summed E-state index contributed by atoms with van der Waals surface area (Å²) < 4.78 is 51.2. The molecule has 0 N–H and O–H groups in total. The number of hydrogen-bond donors (Lipinski definition) is 0. The number of ether oxygens (including phenoxy) is 2. The third-order valence-electron chi connectivity index (χ3n) is 5.50. The van der Waals surface area contributed by atoms with Crippen LogP contribution in [0.25, 0.3) is 16.9 Å². The molecule has 1 atom stereocenters. The summed E-state index contributed by atoms with van der Waals surface area (Å²) >= 11 is 0. The number of methoxy groups -OCH3 is 1. The van der Waals surface area contributed by atoms with Gasteiger partial charge in [0.1, 0.15) is 11.5 Å². The molecule has 8 nitrogen and oxygen atoms in total. The first-order valence-electron chi connectivity index (χ1n) is 10.1. The van der Waals surface area contributed by atoms with Crippen LogP contribution in [0.1, 0.15) is 11.3 Å². The van der Waals surface area contributed by atoms with Crippen LogP contribution in [0.3, 0.4) is 0 Å². The van der Waals surface area contributed by atoms with E-state index >= 15 is 4.39 Å². The Morgan fingerprint density at radius 1 is 1.31 bits per heavy atom. The van der Waals surface area contributed by atoms with E-state index in [9.17, 15) is 13.2 Å². The SMILES string of the molecule is COC(=O)N1CCO[C@@H](Cc2c(-c3ccc(S(C)(=O)=O)cc3F)nc3cc(C)ccn23)C1. The molecule has 4 rings (SSSR count). The molecule has 0 bridgehead atoms. The Morgan fingerprint density at radius 3 is 2.78 bits per heavy atom. The Balaban J connectivity index is 1.77. The van der Waals surface area contributed by atoms with E-state index < -0.39 is 21.7 Å². The zero-order valence-corrected chi connectivity index (χ0v) is 18.9. The minimum Gasteiger partial charge on any atom is -0.453 e. The maximum Gasteiger partial charge on any atom is 0.409 e. The summed E-state index contributed by atoms with van der Waals surface area (Å²) in [6.07, 6.45) is 2.52. The molecule has 1 aromatic carbocycles. The van der Waals surface area contributed by atoms with Crippen molar-refractivity contribution in [2.45, 2.75) is 24.3 Å². The molecule has 32 heavy (non-hydrogen) atoms. The molecule has 0 aliphatic carbocycles. The maximum absolute atomic E-state index is 15.0. The summed E-state index contributed by atoms with van der Waals surface area (Å²) in [5, 5.41) is 0. The fourth-order valence-electron chi connectivity index (χ4n) is 3.88. The Hall–Kier alpha value is -2.98. The average Bonchev–Trinajstić information content (AvgIpc) is 3.09. The lowest BCUT2D eigenvalue weighted by molar-refractivity contribution is -0.0241. The van der Waals surface area contributed by atoms with E-state index in [2.05, 4.69) is 4.98 Å². The van der Waals surface area contributed by atoms with Crippen LogP contribution >= 0.6 is 0 Å². The largest absolute Gasteiger partial charge is 0.453 e. The fourth-order valence-corrected chi connectivity index (χ4v) is 4.51.